The van der Waals surface area contributed by atoms with Crippen molar-refractivity contribution in [3.05, 3.63) is 17.3 Å². The molecule has 0 saturated carbocycles. The van der Waals surface area contributed by atoms with Crippen LogP contribution in [0.25, 0.3) is 0 Å². The van der Waals surface area contributed by atoms with Crippen LogP contribution in [0.15, 0.2) is 12.1 Å². The summed E-state index contributed by atoms with van der Waals surface area (Å²) in [7, 11) is 0. The van der Waals surface area contributed by atoms with Crippen LogP contribution in [-0.4, -0.2) is 18.1 Å². The minimum atomic E-state index is 0.512. The zero-order valence-electron chi connectivity index (χ0n) is 8.91. The number of rotatable bonds is 1. The van der Waals surface area contributed by atoms with E-state index in [0.717, 1.165) is 24.8 Å². The molecule has 0 bridgehead atoms. The lowest BCUT2D eigenvalue weighted by Crippen LogP contribution is -2.33. The van der Waals surface area contributed by atoms with Crippen molar-refractivity contribution in [2.75, 3.05) is 23.7 Å². The second-order valence-corrected chi connectivity index (χ2v) is 4.60. The molecule has 0 aliphatic carbocycles. The molecule has 1 aromatic heterocycles. The molecule has 1 aliphatic heterocycles. The average Bonchev–Trinajstić information content (AvgIpc) is 2.23. The van der Waals surface area contributed by atoms with Gasteiger partial charge in [-0.05, 0) is 30.9 Å². The molecule has 2 N–H and O–H groups in total. The summed E-state index contributed by atoms with van der Waals surface area (Å²) in [6.45, 7) is 4.34. The Balaban J connectivity index is 2.18. The van der Waals surface area contributed by atoms with Crippen molar-refractivity contribution in [3.63, 3.8) is 0 Å². The van der Waals surface area contributed by atoms with Crippen molar-refractivity contribution in [1.82, 2.24) is 4.98 Å². The van der Waals surface area contributed by atoms with Crippen LogP contribution in [-0.2, 0) is 0 Å². The van der Waals surface area contributed by atoms with Gasteiger partial charge in [-0.15, -0.1) is 0 Å². The Labute approximate surface area is 95.2 Å². The second-order valence-electron chi connectivity index (χ2n) is 4.22. The average molecular weight is 226 g/mol. The SMILES string of the molecule is CC1CCN(c2nc(Cl)ccc2N)CC1. The molecule has 1 saturated heterocycles. The van der Waals surface area contributed by atoms with E-state index in [2.05, 4.69) is 16.8 Å². The van der Waals surface area contributed by atoms with Gasteiger partial charge in [-0.2, -0.15) is 0 Å². The van der Waals surface area contributed by atoms with Gasteiger partial charge in [-0.3, -0.25) is 0 Å². The fourth-order valence-electron chi connectivity index (χ4n) is 1.91. The lowest BCUT2D eigenvalue weighted by atomic mass is 9.99. The molecule has 82 valence electrons. The van der Waals surface area contributed by atoms with Crippen LogP contribution in [0.3, 0.4) is 0 Å². The maximum Gasteiger partial charge on any atom is 0.153 e. The molecule has 2 heterocycles. The molecule has 0 atom stereocenters. The van der Waals surface area contributed by atoms with E-state index in [9.17, 15) is 0 Å². The fraction of sp³-hybridized carbons (Fsp3) is 0.545. The monoisotopic (exact) mass is 225 g/mol. The molecule has 15 heavy (non-hydrogen) atoms. The zero-order chi connectivity index (χ0) is 10.8. The summed E-state index contributed by atoms with van der Waals surface area (Å²) in [6.07, 6.45) is 2.40. The van der Waals surface area contributed by atoms with Crippen LogP contribution >= 0.6 is 11.6 Å². The number of hydrogen-bond acceptors (Lipinski definition) is 3. The molecule has 0 spiro atoms. The number of nitrogen functional groups attached to an aromatic ring is 1. The van der Waals surface area contributed by atoms with Gasteiger partial charge < -0.3 is 10.6 Å². The molecular formula is C11H16ClN3. The van der Waals surface area contributed by atoms with E-state index in [4.69, 9.17) is 17.3 Å². The first kappa shape index (κ1) is 10.6. The second kappa shape index (κ2) is 4.27. The number of halogens is 1. The third-order valence-corrected chi connectivity index (χ3v) is 3.17. The number of nitrogens with two attached hydrogens (primary N) is 1. The number of anilines is 2. The molecule has 1 aromatic rings. The molecule has 1 aliphatic rings. The fourth-order valence-corrected chi connectivity index (χ4v) is 2.05. The summed E-state index contributed by atoms with van der Waals surface area (Å²) in [5.41, 5.74) is 6.61. The molecule has 0 unspecified atom stereocenters. The van der Waals surface area contributed by atoms with E-state index in [0.29, 0.717) is 10.8 Å². The Morgan fingerprint density at radius 1 is 1.40 bits per heavy atom. The lowest BCUT2D eigenvalue weighted by molar-refractivity contribution is 0.437. The predicted molar refractivity (Wildman–Crippen MR) is 64.3 cm³/mol. The Hall–Kier alpha value is -0.960. The standard InChI is InChI=1S/C11H16ClN3/c1-8-4-6-15(7-5-8)11-9(13)2-3-10(12)14-11/h2-3,8H,4-7,13H2,1H3. The number of piperidine rings is 1. The molecule has 0 amide bonds. The molecular weight excluding hydrogens is 210 g/mol. The highest BCUT2D eigenvalue weighted by Gasteiger charge is 2.18. The summed E-state index contributed by atoms with van der Waals surface area (Å²) >= 11 is 5.87. The van der Waals surface area contributed by atoms with Crippen LogP contribution < -0.4 is 10.6 Å². The van der Waals surface area contributed by atoms with Crippen molar-refractivity contribution >= 4 is 23.1 Å². The Bertz CT molecular complexity index is 346. The van der Waals surface area contributed by atoms with Crippen molar-refractivity contribution in [2.24, 2.45) is 5.92 Å². The van der Waals surface area contributed by atoms with Gasteiger partial charge in [0.05, 0.1) is 5.69 Å². The highest BCUT2D eigenvalue weighted by Crippen LogP contribution is 2.27. The van der Waals surface area contributed by atoms with Gasteiger partial charge in [0.15, 0.2) is 5.82 Å². The maximum absolute atomic E-state index is 5.89. The van der Waals surface area contributed by atoms with Crippen molar-refractivity contribution in [2.45, 2.75) is 19.8 Å². The van der Waals surface area contributed by atoms with Crippen molar-refractivity contribution in [3.8, 4) is 0 Å². The van der Waals surface area contributed by atoms with Gasteiger partial charge in [0, 0.05) is 13.1 Å². The molecule has 2 rings (SSSR count). The number of nitrogens with zero attached hydrogens (tertiary/aromatic N) is 2. The Morgan fingerprint density at radius 3 is 2.73 bits per heavy atom. The summed E-state index contributed by atoms with van der Waals surface area (Å²) in [6, 6.07) is 3.55. The van der Waals surface area contributed by atoms with Crippen LogP contribution in [0.4, 0.5) is 11.5 Å². The van der Waals surface area contributed by atoms with Gasteiger partial charge >= 0.3 is 0 Å². The summed E-state index contributed by atoms with van der Waals surface area (Å²) < 4.78 is 0. The topological polar surface area (TPSA) is 42.2 Å². The minimum Gasteiger partial charge on any atom is -0.396 e. The third-order valence-electron chi connectivity index (χ3n) is 2.95. The first-order chi connectivity index (χ1) is 7.16. The number of pyridine rings is 1. The smallest absolute Gasteiger partial charge is 0.153 e. The van der Waals surface area contributed by atoms with E-state index in [1.165, 1.54) is 12.8 Å². The van der Waals surface area contributed by atoms with Crippen LogP contribution in [0.1, 0.15) is 19.8 Å². The molecule has 0 radical (unpaired) electrons. The lowest BCUT2D eigenvalue weighted by Gasteiger charge is -2.31. The normalized spacial score (nSPS) is 18.1. The van der Waals surface area contributed by atoms with E-state index >= 15 is 0 Å². The van der Waals surface area contributed by atoms with Crippen LogP contribution in [0, 0.1) is 5.92 Å². The quantitative estimate of drug-likeness (QED) is 0.747. The van der Waals surface area contributed by atoms with Gasteiger partial charge in [-0.25, -0.2) is 4.98 Å². The summed E-state index contributed by atoms with van der Waals surface area (Å²) in [5.74, 6) is 1.65. The van der Waals surface area contributed by atoms with E-state index in [-0.39, 0.29) is 0 Å². The maximum atomic E-state index is 5.89. The Kier molecular flexibility index (Phi) is 3.00. The van der Waals surface area contributed by atoms with E-state index in [1.807, 2.05) is 6.07 Å². The summed E-state index contributed by atoms with van der Waals surface area (Å²) in [4.78, 5) is 6.51. The highest BCUT2D eigenvalue weighted by molar-refractivity contribution is 6.29. The largest absolute Gasteiger partial charge is 0.396 e. The van der Waals surface area contributed by atoms with Gasteiger partial charge in [0.2, 0.25) is 0 Å². The van der Waals surface area contributed by atoms with Gasteiger partial charge in [0.1, 0.15) is 5.15 Å². The van der Waals surface area contributed by atoms with E-state index < -0.39 is 0 Å². The number of aromatic nitrogens is 1. The third kappa shape index (κ3) is 2.34. The molecule has 1 fully saturated rings. The first-order valence-corrected chi connectivity index (χ1v) is 5.71. The first-order valence-electron chi connectivity index (χ1n) is 5.34. The zero-order valence-corrected chi connectivity index (χ0v) is 9.67. The number of hydrogen-bond donors (Lipinski definition) is 1. The molecule has 0 aromatic carbocycles. The minimum absolute atomic E-state index is 0.512. The predicted octanol–water partition coefficient (Wildman–Crippen LogP) is 2.55. The highest BCUT2D eigenvalue weighted by atomic mass is 35.5. The van der Waals surface area contributed by atoms with Gasteiger partial charge in [-0.1, -0.05) is 18.5 Å². The molecule has 3 nitrogen and oxygen atoms in total. The van der Waals surface area contributed by atoms with Crippen LogP contribution in [0.2, 0.25) is 5.15 Å². The van der Waals surface area contributed by atoms with Crippen molar-refractivity contribution < 1.29 is 0 Å². The van der Waals surface area contributed by atoms with E-state index in [1.54, 1.807) is 6.07 Å². The van der Waals surface area contributed by atoms with Gasteiger partial charge in [0.25, 0.3) is 0 Å². The Morgan fingerprint density at radius 2 is 2.07 bits per heavy atom. The van der Waals surface area contributed by atoms with Crippen LogP contribution in [0.5, 0.6) is 0 Å². The van der Waals surface area contributed by atoms with Crippen molar-refractivity contribution in [1.29, 1.82) is 0 Å². The summed E-state index contributed by atoms with van der Waals surface area (Å²) in [5, 5.41) is 0.512. The molecule has 4 heteroatoms.